The van der Waals surface area contributed by atoms with Gasteiger partial charge in [-0.1, -0.05) is 19.9 Å². The molecule has 0 aliphatic heterocycles. The second kappa shape index (κ2) is 3.95. The van der Waals surface area contributed by atoms with Gasteiger partial charge in [0.2, 0.25) is 0 Å². The molecule has 0 spiro atoms. The summed E-state index contributed by atoms with van der Waals surface area (Å²) >= 11 is 0. The van der Waals surface area contributed by atoms with Gasteiger partial charge in [0.25, 0.3) is 0 Å². The Kier molecular flexibility index (Phi) is 2.67. The normalized spacial score (nSPS) is 18.6. The lowest BCUT2D eigenvalue weighted by Gasteiger charge is -2.18. The Labute approximate surface area is 85.9 Å². The Morgan fingerprint density at radius 3 is 3.00 bits per heavy atom. The number of rotatable bonds is 1. The van der Waals surface area contributed by atoms with E-state index in [1.807, 2.05) is 12.4 Å². The molecule has 1 aliphatic rings. The zero-order valence-electron chi connectivity index (χ0n) is 8.96. The number of pyridine rings is 1. The molecular formula is C13H17N. The second-order valence-corrected chi connectivity index (χ2v) is 4.32. The van der Waals surface area contributed by atoms with Gasteiger partial charge in [-0.25, -0.2) is 0 Å². The van der Waals surface area contributed by atoms with E-state index >= 15 is 0 Å². The molecule has 1 aromatic rings. The maximum Gasteiger partial charge on any atom is 0.0345 e. The van der Waals surface area contributed by atoms with Crippen molar-refractivity contribution in [1.29, 1.82) is 0 Å². The van der Waals surface area contributed by atoms with Gasteiger partial charge in [0.1, 0.15) is 0 Å². The molecule has 0 aromatic carbocycles. The summed E-state index contributed by atoms with van der Waals surface area (Å²) < 4.78 is 0. The molecule has 0 unspecified atom stereocenters. The van der Waals surface area contributed by atoms with Gasteiger partial charge in [0.15, 0.2) is 0 Å². The SMILES string of the molecule is CC(C)/C=C1\CCCc2ccncc21. The number of aromatic nitrogens is 1. The Morgan fingerprint density at radius 1 is 1.36 bits per heavy atom. The number of allylic oxidation sites excluding steroid dienone is 2. The molecule has 0 atom stereocenters. The van der Waals surface area contributed by atoms with E-state index in [4.69, 9.17) is 0 Å². The smallest absolute Gasteiger partial charge is 0.0345 e. The molecule has 1 aliphatic carbocycles. The maximum absolute atomic E-state index is 4.21. The lowest BCUT2D eigenvalue weighted by atomic mass is 9.87. The van der Waals surface area contributed by atoms with Crippen molar-refractivity contribution in [1.82, 2.24) is 4.98 Å². The molecule has 0 saturated heterocycles. The summed E-state index contributed by atoms with van der Waals surface area (Å²) in [6.07, 6.45) is 10.0. The highest BCUT2D eigenvalue weighted by Crippen LogP contribution is 2.30. The van der Waals surface area contributed by atoms with Crippen molar-refractivity contribution in [2.75, 3.05) is 0 Å². The fraction of sp³-hybridized carbons (Fsp3) is 0.462. The summed E-state index contributed by atoms with van der Waals surface area (Å²) in [5.41, 5.74) is 4.35. The molecule has 1 nitrogen and oxygen atoms in total. The van der Waals surface area contributed by atoms with E-state index < -0.39 is 0 Å². The van der Waals surface area contributed by atoms with Crippen LogP contribution < -0.4 is 0 Å². The molecule has 74 valence electrons. The molecule has 0 N–H and O–H groups in total. The van der Waals surface area contributed by atoms with Crippen molar-refractivity contribution in [3.05, 3.63) is 35.7 Å². The van der Waals surface area contributed by atoms with Crippen molar-refractivity contribution in [2.24, 2.45) is 5.92 Å². The molecule has 2 rings (SSSR count). The Hall–Kier alpha value is -1.11. The van der Waals surface area contributed by atoms with Crippen molar-refractivity contribution in [3.63, 3.8) is 0 Å². The van der Waals surface area contributed by atoms with E-state index in [0.29, 0.717) is 5.92 Å². The third-order valence-electron chi connectivity index (χ3n) is 2.68. The Balaban J connectivity index is 2.40. The molecule has 14 heavy (non-hydrogen) atoms. The zero-order valence-corrected chi connectivity index (χ0v) is 8.96. The predicted octanol–water partition coefficient (Wildman–Crippen LogP) is 3.46. The molecule has 0 fully saturated rings. The van der Waals surface area contributed by atoms with Gasteiger partial charge in [-0.05, 0) is 47.9 Å². The molecule has 0 amide bonds. The molecular weight excluding hydrogens is 170 g/mol. The van der Waals surface area contributed by atoms with Gasteiger partial charge in [-0.3, -0.25) is 4.98 Å². The summed E-state index contributed by atoms with van der Waals surface area (Å²) in [5.74, 6) is 0.635. The molecule has 1 heteroatoms. The number of nitrogens with zero attached hydrogens (tertiary/aromatic N) is 1. The van der Waals surface area contributed by atoms with Crippen LogP contribution in [0.1, 0.15) is 37.8 Å². The first-order valence-corrected chi connectivity index (χ1v) is 5.41. The Bertz CT molecular complexity index is 350. The van der Waals surface area contributed by atoms with Crippen LogP contribution in [0, 0.1) is 5.92 Å². The maximum atomic E-state index is 4.21. The molecule has 0 saturated carbocycles. The van der Waals surface area contributed by atoms with E-state index in [0.717, 1.165) is 0 Å². The quantitative estimate of drug-likeness (QED) is 0.656. The van der Waals surface area contributed by atoms with E-state index in [9.17, 15) is 0 Å². The van der Waals surface area contributed by atoms with Gasteiger partial charge in [-0.2, -0.15) is 0 Å². The average molecular weight is 187 g/mol. The van der Waals surface area contributed by atoms with Crippen molar-refractivity contribution in [2.45, 2.75) is 33.1 Å². The van der Waals surface area contributed by atoms with Crippen LogP contribution >= 0.6 is 0 Å². The minimum atomic E-state index is 0.635. The standard InChI is InChI=1S/C13H17N/c1-10(2)8-12-5-3-4-11-6-7-14-9-13(11)12/h6-10H,3-5H2,1-2H3/b12-8+. The van der Waals surface area contributed by atoms with Gasteiger partial charge in [0.05, 0.1) is 0 Å². The van der Waals surface area contributed by atoms with Crippen LogP contribution in [0.5, 0.6) is 0 Å². The van der Waals surface area contributed by atoms with E-state index in [-0.39, 0.29) is 0 Å². The highest BCUT2D eigenvalue weighted by Gasteiger charge is 2.13. The van der Waals surface area contributed by atoms with Crippen LogP contribution in [0.2, 0.25) is 0 Å². The van der Waals surface area contributed by atoms with Gasteiger partial charge < -0.3 is 0 Å². The fourth-order valence-electron chi connectivity index (χ4n) is 2.11. The predicted molar refractivity (Wildman–Crippen MR) is 60.0 cm³/mol. The lowest BCUT2D eigenvalue weighted by molar-refractivity contribution is 0.790. The van der Waals surface area contributed by atoms with Crippen LogP contribution in [0.25, 0.3) is 5.57 Å². The summed E-state index contributed by atoms with van der Waals surface area (Å²) in [7, 11) is 0. The van der Waals surface area contributed by atoms with Crippen molar-refractivity contribution in [3.8, 4) is 0 Å². The first-order valence-electron chi connectivity index (χ1n) is 5.41. The molecule has 1 heterocycles. The van der Waals surface area contributed by atoms with Gasteiger partial charge >= 0.3 is 0 Å². The number of hydrogen-bond donors (Lipinski definition) is 0. The largest absolute Gasteiger partial charge is 0.264 e. The Morgan fingerprint density at radius 2 is 2.21 bits per heavy atom. The highest BCUT2D eigenvalue weighted by molar-refractivity contribution is 5.69. The van der Waals surface area contributed by atoms with Gasteiger partial charge in [-0.15, -0.1) is 0 Å². The van der Waals surface area contributed by atoms with Crippen LogP contribution in [0.4, 0.5) is 0 Å². The third-order valence-corrected chi connectivity index (χ3v) is 2.68. The van der Waals surface area contributed by atoms with E-state index in [1.54, 1.807) is 0 Å². The van der Waals surface area contributed by atoms with Gasteiger partial charge in [0, 0.05) is 12.4 Å². The first kappa shape index (κ1) is 9.45. The van der Waals surface area contributed by atoms with Crippen molar-refractivity contribution >= 4 is 5.57 Å². The molecule has 0 bridgehead atoms. The first-order chi connectivity index (χ1) is 6.77. The number of fused-ring (bicyclic) bond motifs is 1. The van der Waals surface area contributed by atoms with Crippen LogP contribution in [0.3, 0.4) is 0 Å². The third kappa shape index (κ3) is 1.87. The second-order valence-electron chi connectivity index (χ2n) is 4.32. The van der Waals surface area contributed by atoms with Crippen LogP contribution in [0.15, 0.2) is 24.5 Å². The fourth-order valence-corrected chi connectivity index (χ4v) is 2.11. The topological polar surface area (TPSA) is 12.9 Å². The van der Waals surface area contributed by atoms with E-state index in [1.165, 1.54) is 36.0 Å². The van der Waals surface area contributed by atoms with Crippen LogP contribution in [-0.2, 0) is 6.42 Å². The zero-order chi connectivity index (χ0) is 9.97. The number of hydrogen-bond acceptors (Lipinski definition) is 1. The average Bonchev–Trinajstić information content (AvgIpc) is 2.18. The van der Waals surface area contributed by atoms with E-state index in [2.05, 4.69) is 31.0 Å². The monoisotopic (exact) mass is 187 g/mol. The minimum Gasteiger partial charge on any atom is -0.264 e. The van der Waals surface area contributed by atoms with Crippen LogP contribution in [-0.4, -0.2) is 4.98 Å². The molecule has 1 aromatic heterocycles. The number of aryl methyl sites for hydroxylation is 1. The van der Waals surface area contributed by atoms with Crippen molar-refractivity contribution < 1.29 is 0 Å². The summed E-state index contributed by atoms with van der Waals surface area (Å²) in [4.78, 5) is 4.21. The highest BCUT2D eigenvalue weighted by atomic mass is 14.6. The lowest BCUT2D eigenvalue weighted by Crippen LogP contribution is -2.03. The summed E-state index contributed by atoms with van der Waals surface area (Å²) in [6.45, 7) is 4.47. The minimum absolute atomic E-state index is 0.635. The summed E-state index contributed by atoms with van der Waals surface area (Å²) in [5, 5.41) is 0. The molecule has 0 radical (unpaired) electrons. The summed E-state index contributed by atoms with van der Waals surface area (Å²) in [6, 6.07) is 2.16.